The van der Waals surface area contributed by atoms with E-state index in [1.165, 1.54) is 17.0 Å². The van der Waals surface area contributed by atoms with Crippen molar-refractivity contribution >= 4 is 34.7 Å². The van der Waals surface area contributed by atoms with Crippen LogP contribution >= 0.6 is 0 Å². The molecule has 0 saturated carbocycles. The van der Waals surface area contributed by atoms with Crippen LogP contribution in [0.25, 0.3) is 17.0 Å². The Morgan fingerprint density at radius 3 is 2.94 bits per heavy atom. The second kappa shape index (κ2) is 9.97. The molecule has 1 atom stereocenters. The average Bonchev–Trinajstić information content (AvgIpc) is 3.20. The van der Waals surface area contributed by atoms with Gasteiger partial charge in [0.15, 0.2) is 11.4 Å². The summed E-state index contributed by atoms with van der Waals surface area (Å²) in [7, 11) is 1.66. The molecule has 0 radical (unpaired) electrons. The van der Waals surface area contributed by atoms with Crippen molar-refractivity contribution in [2.45, 2.75) is 25.4 Å². The van der Waals surface area contributed by atoms with Gasteiger partial charge < -0.3 is 19.4 Å². The second-order valence-electron chi connectivity index (χ2n) is 8.87. The zero-order chi connectivity index (χ0) is 24.4. The normalized spacial score (nSPS) is 18.9. The van der Waals surface area contributed by atoms with Crippen LogP contribution in [0.15, 0.2) is 47.0 Å². The van der Waals surface area contributed by atoms with E-state index in [-0.39, 0.29) is 30.0 Å². The van der Waals surface area contributed by atoms with Crippen LogP contribution in [-0.4, -0.2) is 66.0 Å². The largest absolute Gasteiger partial charge is 0.456 e. The fourth-order valence-corrected chi connectivity index (χ4v) is 4.55. The molecule has 3 aromatic rings. The number of hydrogen-bond donors (Lipinski definition) is 1. The molecule has 35 heavy (non-hydrogen) atoms. The van der Waals surface area contributed by atoms with Gasteiger partial charge in [0.2, 0.25) is 11.8 Å². The third kappa shape index (κ3) is 5.11. The first kappa shape index (κ1) is 23.2. The van der Waals surface area contributed by atoms with Crippen molar-refractivity contribution in [1.29, 1.82) is 0 Å². The number of nitrogens with one attached hydrogen (secondary N) is 1. The van der Waals surface area contributed by atoms with Crippen molar-refractivity contribution in [2.75, 3.05) is 38.7 Å². The van der Waals surface area contributed by atoms with Gasteiger partial charge in [0.05, 0.1) is 25.8 Å². The number of nitrogens with zero attached hydrogens (tertiary/aromatic N) is 3. The number of rotatable bonds is 5. The maximum Gasteiger partial charge on any atom is 0.246 e. The minimum Gasteiger partial charge on any atom is -0.456 e. The lowest BCUT2D eigenvalue weighted by molar-refractivity contribution is -0.125. The number of carbonyl (C=O) groups excluding carboxylic acids is 2. The number of aromatic nitrogens is 1. The van der Waals surface area contributed by atoms with E-state index >= 15 is 0 Å². The predicted octanol–water partition coefficient (Wildman–Crippen LogP) is 3.22. The van der Waals surface area contributed by atoms with E-state index < -0.39 is 5.82 Å². The molecule has 1 unspecified atom stereocenters. The van der Waals surface area contributed by atoms with Crippen LogP contribution in [0.3, 0.4) is 0 Å². The van der Waals surface area contributed by atoms with E-state index in [1.54, 1.807) is 37.5 Å². The van der Waals surface area contributed by atoms with Crippen LogP contribution < -0.4 is 5.32 Å². The molecule has 4 heterocycles. The lowest BCUT2D eigenvalue weighted by atomic mass is 10.0. The van der Waals surface area contributed by atoms with Crippen LogP contribution in [0.1, 0.15) is 23.3 Å². The Hall–Kier alpha value is -3.56. The zero-order valence-electron chi connectivity index (χ0n) is 19.5. The summed E-state index contributed by atoms with van der Waals surface area (Å²) in [5.41, 5.74) is 1.91. The van der Waals surface area contributed by atoms with Crippen LogP contribution in [0.5, 0.6) is 0 Å². The van der Waals surface area contributed by atoms with E-state index in [1.807, 2.05) is 6.07 Å². The number of likely N-dealkylation sites (N-methyl/N-ethyl adjacent to an activating group) is 1. The van der Waals surface area contributed by atoms with E-state index in [9.17, 15) is 14.0 Å². The number of aryl methyl sites for hydroxylation is 1. The lowest BCUT2D eigenvalue weighted by Gasteiger charge is -2.32. The van der Waals surface area contributed by atoms with Crippen LogP contribution in [0.2, 0.25) is 0 Å². The molecular weight excluding hydrogens is 451 g/mol. The van der Waals surface area contributed by atoms with Gasteiger partial charge in [0.1, 0.15) is 11.6 Å². The summed E-state index contributed by atoms with van der Waals surface area (Å²) >= 11 is 0. The first-order valence-corrected chi connectivity index (χ1v) is 11.7. The Kier molecular flexibility index (Phi) is 6.61. The highest BCUT2D eigenvalue weighted by atomic mass is 19.1. The quantitative estimate of drug-likeness (QED) is 0.567. The van der Waals surface area contributed by atoms with Gasteiger partial charge in [-0.1, -0.05) is 12.1 Å². The third-order valence-corrected chi connectivity index (χ3v) is 6.44. The molecule has 2 aromatic heterocycles. The molecule has 2 aliphatic heterocycles. The molecule has 2 amide bonds. The van der Waals surface area contributed by atoms with Crippen LogP contribution in [-0.2, 0) is 27.3 Å². The molecule has 1 fully saturated rings. The SMILES string of the molecule is CN(Cc1cc2cccc(F)c2o1)C(=O)/C=C/c1cnc2c(c1)CCC(N1CCOCC1)C(=O)N2. The molecule has 0 aliphatic carbocycles. The number of pyridine rings is 1. The Morgan fingerprint density at radius 1 is 1.31 bits per heavy atom. The standard InChI is InChI=1S/C26H27FN4O4/c1-30(16-20-14-18-3-2-4-21(27)24(18)35-20)23(32)8-5-17-13-19-6-7-22(31-9-11-34-12-10-31)26(33)29-25(19)28-15-17/h2-5,8,13-15,22H,6-7,9-12,16H2,1H3,(H,28,29,33)/b8-5+. The molecule has 2 aliphatic rings. The van der Waals surface area contributed by atoms with E-state index in [0.717, 1.165) is 24.2 Å². The molecule has 1 saturated heterocycles. The maximum atomic E-state index is 13.9. The summed E-state index contributed by atoms with van der Waals surface area (Å²) in [6, 6.07) is 8.22. The number of hydrogen-bond acceptors (Lipinski definition) is 6. The smallest absolute Gasteiger partial charge is 0.246 e. The highest BCUT2D eigenvalue weighted by Crippen LogP contribution is 2.25. The third-order valence-electron chi connectivity index (χ3n) is 6.44. The molecule has 5 rings (SSSR count). The Morgan fingerprint density at radius 2 is 2.14 bits per heavy atom. The average molecular weight is 479 g/mol. The predicted molar refractivity (Wildman–Crippen MR) is 129 cm³/mol. The van der Waals surface area contributed by atoms with Gasteiger partial charge in [-0.25, -0.2) is 9.37 Å². The molecule has 9 heteroatoms. The summed E-state index contributed by atoms with van der Waals surface area (Å²) in [6.45, 7) is 2.98. The second-order valence-corrected chi connectivity index (χ2v) is 8.87. The lowest BCUT2D eigenvalue weighted by Crippen LogP contribution is -2.48. The van der Waals surface area contributed by atoms with Crippen molar-refractivity contribution in [1.82, 2.24) is 14.8 Å². The minimum atomic E-state index is -0.425. The molecule has 0 bridgehead atoms. The van der Waals surface area contributed by atoms with Crippen molar-refractivity contribution in [3.8, 4) is 0 Å². The number of morpholine rings is 1. The van der Waals surface area contributed by atoms with Gasteiger partial charge in [-0.05, 0) is 48.2 Å². The van der Waals surface area contributed by atoms with Gasteiger partial charge in [-0.3, -0.25) is 14.5 Å². The molecule has 1 aromatic carbocycles. The number of anilines is 1. The molecule has 8 nitrogen and oxygen atoms in total. The summed E-state index contributed by atoms with van der Waals surface area (Å²) in [5, 5.41) is 3.62. The van der Waals surface area contributed by atoms with Gasteiger partial charge in [0.25, 0.3) is 0 Å². The number of fused-ring (bicyclic) bond motifs is 2. The maximum absolute atomic E-state index is 13.9. The highest BCUT2D eigenvalue weighted by molar-refractivity contribution is 5.95. The highest BCUT2D eigenvalue weighted by Gasteiger charge is 2.30. The van der Waals surface area contributed by atoms with Crippen molar-refractivity contribution in [2.24, 2.45) is 0 Å². The Bertz CT molecular complexity index is 1280. The molecule has 0 spiro atoms. The summed E-state index contributed by atoms with van der Waals surface area (Å²) in [4.78, 5) is 33.5. The van der Waals surface area contributed by atoms with Crippen molar-refractivity contribution in [3.05, 3.63) is 65.3 Å². The molecule has 1 N–H and O–H groups in total. The number of para-hydroxylation sites is 1. The Balaban J connectivity index is 1.23. The molecular formula is C26H27FN4O4. The van der Waals surface area contributed by atoms with Crippen LogP contribution in [0, 0.1) is 5.82 Å². The number of benzene rings is 1. The first-order chi connectivity index (χ1) is 17.0. The fraction of sp³-hybridized carbons (Fsp3) is 0.346. The van der Waals surface area contributed by atoms with Gasteiger partial charge in [-0.2, -0.15) is 0 Å². The number of carbonyl (C=O) groups is 2. The molecule has 182 valence electrons. The Labute approximate surface area is 202 Å². The van der Waals surface area contributed by atoms with E-state index in [0.29, 0.717) is 43.0 Å². The summed E-state index contributed by atoms with van der Waals surface area (Å²) in [6.07, 6.45) is 6.23. The monoisotopic (exact) mass is 478 g/mol. The van der Waals surface area contributed by atoms with E-state index in [2.05, 4.69) is 15.2 Å². The number of amides is 2. The van der Waals surface area contributed by atoms with E-state index in [4.69, 9.17) is 9.15 Å². The number of furan rings is 1. The number of ether oxygens (including phenoxy) is 1. The summed E-state index contributed by atoms with van der Waals surface area (Å²) < 4.78 is 24.8. The van der Waals surface area contributed by atoms with Crippen molar-refractivity contribution in [3.63, 3.8) is 0 Å². The van der Waals surface area contributed by atoms with Gasteiger partial charge in [0, 0.05) is 37.8 Å². The zero-order valence-corrected chi connectivity index (χ0v) is 19.5. The van der Waals surface area contributed by atoms with Crippen molar-refractivity contribution < 1.29 is 23.1 Å². The van der Waals surface area contributed by atoms with Crippen LogP contribution in [0.4, 0.5) is 10.2 Å². The van der Waals surface area contributed by atoms with Gasteiger partial charge in [-0.15, -0.1) is 0 Å². The topological polar surface area (TPSA) is 87.9 Å². The van der Waals surface area contributed by atoms with Gasteiger partial charge >= 0.3 is 0 Å². The first-order valence-electron chi connectivity index (χ1n) is 11.7. The summed E-state index contributed by atoms with van der Waals surface area (Å²) in [5.74, 6) is 0.395. The fourth-order valence-electron chi connectivity index (χ4n) is 4.55. The number of halogens is 1. The minimum absolute atomic E-state index is 0.0382.